The molecule has 25 heavy (non-hydrogen) atoms. The van der Waals surface area contributed by atoms with Crippen LogP contribution in [0.15, 0.2) is 12.4 Å². The lowest BCUT2D eigenvalue weighted by molar-refractivity contribution is -0.145. The summed E-state index contributed by atoms with van der Waals surface area (Å²) in [6.45, 7) is 5.89. The number of carbonyl (C=O) groups is 1. The Balaban J connectivity index is 1.58. The molecule has 0 aromatic carbocycles. The summed E-state index contributed by atoms with van der Waals surface area (Å²) in [5.41, 5.74) is -0.256. The van der Waals surface area contributed by atoms with Crippen LogP contribution in [-0.4, -0.2) is 60.7 Å². The van der Waals surface area contributed by atoms with E-state index in [1.54, 1.807) is 24.8 Å². The highest BCUT2D eigenvalue weighted by Gasteiger charge is 2.48. The average Bonchev–Trinajstić information content (AvgIpc) is 3.19. The maximum atomic E-state index is 13.1. The molecule has 1 atom stereocenters. The zero-order valence-electron chi connectivity index (χ0n) is 14.8. The number of aromatic nitrogens is 2. The highest BCUT2D eigenvalue weighted by atomic mass is 32.1. The molecule has 2 fully saturated rings. The Kier molecular flexibility index (Phi) is 4.37. The molecule has 2 aromatic rings. The van der Waals surface area contributed by atoms with Gasteiger partial charge in [-0.3, -0.25) is 4.79 Å². The first-order chi connectivity index (χ1) is 12.1. The summed E-state index contributed by atoms with van der Waals surface area (Å²) in [4.78, 5) is 28.6. The fourth-order valence-electron chi connectivity index (χ4n) is 4.21. The topological polar surface area (TPSA) is 58.6 Å². The van der Waals surface area contributed by atoms with Gasteiger partial charge >= 0.3 is 0 Å². The lowest BCUT2D eigenvalue weighted by atomic mass is 9.78. The van der Waals surface area contributed by atoms with Crippen molar-refractivity contribution in [3.8, 4) is 0 Å². The van der Waals surface area contributed by atoms with Crippen molar-refractivity contribution in [2.45, 2.75) is 26.2 Å². The molecule has 0 bridgehead atoms. The smallest absolute Gasteiger partial charge is 0.230 e. The lowest BCUT2D eigenvalue weighted by Gasteiger charge is -2.39. The second kappa shape index (κ2) is 6.53. The number of fused-ring (bicyclic) bond motifs is 1. The first kappa shape index (κ1) is 16.7. The van der Waals surface area contributed by atoms with Gasteiger partial charge in [-0.05, 0) is 32.3 Å². The van der Waals surface area contributed by atoms with Crippen LogP contribution in [-0.2, 0) is 9.53 Å². The second-order valence-corrected chi connectivity index (χ2v) is 8.35. The Labute approximate surface area is 151 Å². The number of ether oxygens (including phenoxy) is 1. The lowest BCUT2D eigenvalue weighted by Crippen LogP contribution is -2.51. The summed E-state index contributed by atoms with van der Waals surface area (Å²) in [5.74, 6) is 1.28. The van der Waals surface area contributed by atoms with Crippen molar-refractivity contribution in [3.05, 3.63) is 17.3 Å². The van der Waals surface area contributed by atoms with E-state index in [0.717, 1.165) is 54.9 Å². The van der Waals surface area contributed by atoms with Gasteiger partial charge in [0.25, 0.3) is 0 Å². The molecule has 7 heteroatoms. The highest BCUT2D eigenvalue weighted by molar-refractivity contribution is 7.18. The molecule has 0 radical (unpaired) electrons. The summed E-state index contributed by atoms with van der Waals surface area (Å²) in [7, 11) is 1.69. The van der Waals surface area contributed by atoms with Gasteiger partial charge in [0.15, 0.2) is 0 Å². The fraction of sp³-hybridized carbons (Fsp3) is 0.611. The average molecular weight is 360 g/mol. The largest absolute Gasteiger partial charge is 0.383 e. The zero-order chi connectivity index (χ0) is 17.4. The van der Waals surface area contributed by atoms with Crippen molar-refractivity contribution in [1.29, 1.82) is 0 Å². The van der Waals surface area contributed by atoms with Crippen molar-refractivity contribution in [3.63, 3.8) is 0 Å². The Hall–Kier alpha value is -1.73. The van der Waals surface area contributed by atoms with E-state index < -0.39 is 0 Å². The summed E-state index contributed by atoms with van der Waals surface area (Å²) >= 11 is 1.70. The minimum Gasteiger partial charge on any atom is -0.383 e. The first-order valence-corrected chi connectivity index (χ1v) is 9.69. The number of hydrogen-bond acceptors (Lipinski definition) is 6. The van der Waals surface area contributed by atoms with E-state index >= 15 is 0 Å². The number of thiophene rings is 1. The second-order valence-electron chi connectivity index (χ2n) is 7.11. The quantitative estimate of drug-likeness (QED) is 0.838. The minimum atomic E-state index is -0.256. The Morgan fingerprint density at radius 1 is 1.32 bits per heavy atom. The van der Waals surface area contributed by atoms with Gasteiger partial charge < -0.3 is 14.5 Å². The van der Waals surface area contributed by atoms with Crippen LogP contribution in [0.25, 0.3) is 10.2 Å². The van der Waals surface area contributed by atoms with Crippen LogP contribution in [0.5, 0.6) is 0 Å². The SMILES string of the molecule is COCCN1CCC[C@@]2(CCN(c3ncnc4sc(C)cc34)C2)C1=O. The van der Waals surface area contributed by atoms with E-state index in [-0.39, 0.29) is 5.41 Å². The van der Waals surface area contributed by atoms with E-state index in [9.17, 15) is 4.79 Å². The van der Waals surface area contributed by atoms with Crippen LogP contribution in [0.1, 0.15) is 24.1 Å². The molecule has 1 amide bonds. The predicted molar refractivity (Wildman–Crippen MR) is 99.1 cm³/mol. The third kappa shape index (κ3) is 2.89. The number of aryl methyl sites for hydroxylation is 1. The van der Waals surface area contributed by atoms with Gasteiger partial charge in [-0.15, -0.1) is 11.3 Å². The van der Waals surface area contributed by atoms with E-state index in [4.69, 9.17) is 4.74 Å². The molecule has 1 spiro atoms. The van der Waals surface area contributed by atoms with Crippen LogP contribution in [0.3, 0.4) is 0 Å². The Morgan fingerprint density at radius 3 is 3.04 bits per heavy atom. The number of rotatable bonds is 4. The van der Waals surface area contributed by atoms with Gasteiger partial charge in [-0.25, -0.2) is 9.97 Å². The molecule has 4 rings (SSSR count). The Morgan fingerprint density at radius 2 is 2.20 bits per heavy atom. The van der Waals surface area contributed by atoms with Crippen LogP contribution in [0.4, 0.5) is 5.82 Å². The van der Waals surface area contributed by atoms with E-state index in [0.29, 0.717) is 19.1 Å². The molecule has 4 heterocycles. The van der Waals surface area contributed by atoms with Gasteiger partial charge in [0, 0.05) is 38.2 Å². The first-order valence-electron chi connectivity index (χ1n) is 8.87. The monoisotopic (exact) mass is 360 g/mol. The minimum absolute atomic E-state index is 0.256. The highest BCUT2D eigenvalue weighted by Crippen LogP contribution is 2.42. The van der Waals surface area contributed by atoms with Gasteiger partial charge in [-0.1, -0.05) is 0 Å². The molecule has 2 aliphatic heterocycles. The molecule has 2 aromatic heterocycles. The van der Waals surface area contributed by atoms with Crippen molar-refractivity contribution in [2.75, 3.05) is 44.8 Å². The summed E-state index contributed by atoms with van der Waals surface area (Å²) in [5, 5.41) is 1.11. The van der Waals surface area contributed by atoms with Crippen molar-refractivity contribution >= 4 is 33.3 Å². The molecule has 0 N–H and O–H groups in total. The van der Waals surface area contributed by atoms with Crippen LogP contribution >= 0.6 is 11.3 Å². The molecular weight excluding hydrogens is 336 g/mol. The number of carbonyl (C=O) groups excluding carboxylic acids is 1. The van der Waals surface area contributed by atoms with E-state index in [1.165, 1.54) is 4.88 Å². The van der Waals surface area contributed by atoms with Crippen molar-refractivity contribution < 1.29 is 9.53 Å². The number of methoxy groups -OCH3 is 1. The van der Waals surface area contributed by atoms with Gasteiger partial charge in [0.1, 0.15) is 17.0 Å². The maximum Gasteiger partial charge on any atom is 0.230 e. The Bertz CT molecular complexity index is 792. The van der Waals surface area contributed by atoms with E-state index in [1.807, 2.05) is 4.90 Å². The molecule has 0 unspecified atom stereocenters. The third-order valence-electron chi connectivity index (χ3n) is 5.47. The zero-order valence-corrected chi connectivity index (χ0v) is 15.6. The summed E-state index contributed by atoms with van der Waals surface area (Å²) in [6.07, 6.45) is 4.60. The molecule has 2 saturated heterocycles. The molecule has 0 saturated carbocycles. The fourth-order valence-corrected chi connectivity index (χ4v) is 5.06. The standard InChI is InChI=1S/C18H24N4O2S/c1-13-10-14-15(19-12-20-16(14)25-13)22-7-5-18(11-22)4-3-6-21(17(18)23)8-9-24-2/h10,12H,3-9,11H2,1-2H3/t18-/m0/s1. The van der Waals surface area contributed by atoms with Crippen LogP contribution < -0.4 is 4.90 Å². The maximum absolute atomic E-state index is 13.1. The third-order valence-corrected chi connectivity index (χ3v) is 6.43. The predicted octanol–water partition coefficient (Wildman–Crippen LogP) is 2.47. The van der Waals surface area contributed by atoms with Crippen LogP contribution in [0.2, 0.25) is 0 Å². The molecule has 0 aliphatic carbocycles. The molecular formula is C18H24N4O2S. The number of amides is 1. The van der Waals surface area contributed by atoms with Gasteiger partial charge in [0.2, 0.25) is 5.91 Å². The van der Waals surface area contributed by atoms with Gasteiger partial charge in [0.05, 0.1) is 17.4 Å². The van der Waals surface area contributed by atoms with Gasteiger partial charge in [-0.2, -0.15) is 0 Å². The van der Waals surface area contributed by atoms with Crippen molar-refractivity contribution in [1.82, 2.24) is 14.9 Å². The number of likely N-dealkylation sites (tertiary alicyclic amines) is 1. The van der Waals surface area contributed by atoms with E-state index in [2.05, 4.69) is 27.9 Å². The number of nitrogens with zero attached hydrogens (tertiary/aromatic N) is 4. The number of piperidine rings is 1. The number of anilines is 1. The normalized spacial score (nSPS) is 24.0. The molecule has 134 valence electrons. The summed E-state index contributed by atoms with van der Waals surface area (Å²) < 4.78 is 5.16. The summed E-state index contributed by atoms with van der Waals surface area (Å²) in [6, 6.07) is 2.16. The molecule has 6 nitrogen and oxygen atoms in total. The van der Waals surface area contributed by atoms with Crippen LogP contribution in [0, 0.1) is 12.3 Å². The molecule has 2 aliphatic rings. The number of hydrogen-bond donors (Lipinski definition) is 0. The van der Waals surface area contributed by atoms with Crippen molar-refractivity contribution in [2.24, 2.45) is 5.41 Å².